The van der Waals surface area contributed by atoms with Crippen molar-refractivity contribution in [1.29, 1.82) is 0 Å². The molecule has 1 heterocycles. The van der Waals surface area contributed by atoms with Crippen molar-refractivity contribution in [2.75, 3.05) is 6.54 Å². The Morgan fingerprint density at radius 1 is 1.23 bits per heavy atom. The molecular weight excluding hydrogens is 302 g/mol. The van der Waals surface area contributed by atoms with E-state index >= 15 is 0 Å². The lowest BCUT2D eigenvalue weighted by Gasteiger charge is -2.23. The first kappa shape index (κ1) is 16.4. The van der Waals surface area contributed by atoms with E-state index < -0.39 is 17.6 Å². The van der Waals surface area contributed by atoms with E-state index in [0.29, 0.717) is 5.76 Å². The van der Waals surface area contributed by atoms with Gasteiger partial charge >= 0.3 is 6.09 Å². The van der Waals surface area contributed by atoms with Crippen LogP contribution in [0.25, 0.3) is 0 Å². The molecule has 0 N–H and O–H groups in total. The molecule has 0 unspecified atom stereocenters. The molecule has 6 heteroatoms. The zero-order valence-electron chi connectivity index (χ0n) is 13.1. The van der Waals surface area contributed by atoms with Crippen LogP contribution in [-0.2, 0) is 13.7 Å². The molecule has 0 aliphatic carbocycles. The van der Waals surface area contributed by atoms with E-state index in [1.807, 2.05) is 31.2 Å². The van der Waals surface area contributed by atoms with E-state index in [0.717, 1.165) is 27.4 Å². The molecule has 0 aromatic heterocycles. The summed E-state index contributed by atoms with van der Waals surface area (Å²) in [4.78, 5) is 25.7. The normalized spacial score (nSPS) is 14.8. The fraction of sp³-hybridized carbons (Fsp3) is 0.375. The third-order valence-electron chi connectivity index (χ3n) is 2.74. The van der Waals surface area contributed by atoms with Gasteiger partial charge in [-0.2, -0.15) is 0 Å². The second-order valence-electron chi connectivity index (χ2n) is 6.00. The van der Waals surface area contributed by atoms with Gasteiger partial charge in [-0.25, -0.2) is 9.69 Å². The maximum Gasteiger partial charge on any atom is 0.417 e. The van der Waals surface area contributed by atoms with Gasteiger partial charge in [0.15, 0.2) is 0 Å². The van der Waals surface area contributed by atoms with Crippen LogP contribution in [0.2, 0.25) is 0 Å². The van der Waals surface area contributed by atoms with Gasteiger partial charge in [0.05, 0.1) is 18.6 Å². The number of amides is 2. The Hall–Kier alpha value is -1.95. The quantitative estimate of drug-likeness (QED) is 0.795. The molecule has 22 heavy (non-hydrogen) atoms. The van der Waals surface area contributed by atoms with Crippen molar-refractivity contribution in [2.24, 2.45) is 0 Å². The van der Waals surface area contributed by atoms with Crippen LogP contribution in [0.5, 0.6) is 0 Å². The van der Waals surface area contributed by atoms with Gasteiger partial charge in [-0.05, 0) is 39.8 Å². The summed E-state index contributed by atoms with van der Waals surface area (Å²) in [7, 11) is 0. The zero-order chi connectivity index (χ0) is 16.3. The van der Waals surface area contributed by atoms with Gasteiger partial charge in [-0.15, -0.1) is 0 Å². The number of hydrogen-bond acceptors (Lipinski definition) is 5. The van der Waals surface area contributed by atoms with Gasteiger partial charge in [0, 0.05) is 11.0 Å². The molecule has 2 rings (SSSR count). The zero-order valence-corrected chi connectivity index (χ0v) is 13.9. The highest BCUT2D eigenvalue weighted by Gasteiger charge is 2.32. The van der Waals surface area contributed by atoms with Gasteiger partial charge < -0.3 is 8.92 Å². The van der Waals surface area contributed by atoms with E-state index in [1.165, 1.54) is 6.08 Å². The summed E-state index contributed by atoms with van der Waals surface area (Å²) in [5, 5.41) is 0. The first-order valence-corrected chi connectivity index (χ1v) is 7.65. The van der Waals surface area contributed by atoms with Crippen molar-refractivity contribution in [1.82, 2.24) is 4.90 Å². The van der Waals surface area contributed by atoms with Gasteiger partial charge in [-0.1, -0.05) is 17.7 Å². The van der Waals surface area contributed by atoms with E-state index in [-0.39, 0.29) is 6.54 Å². The van der Waals surface area contributed by atoms with E-state index in [2.05, 4.69) is 0 Å². The van der Waals surface area contributed by atoms with Gasteiger partial charge in [0.1, 0.15) is 11.4 Å². The minimum Gasteiger partial charge on any atom is -0.443 e. The second-order valence-corrected chi connectivity index (χ2v) is 6.80. The molecule has 0 fully saturated rings. The molecule has 1 aromatic carbocycles. The molecule has 0 bridgehead atoms. The first-order valence-electron chi connectivity index (χ1n) is 6.91. The van der Waals surface area contributed by atoms with Gasteiger partial charge in [-0.3, -0.25) is 4.79 Å². The first-order chi connectivity index (χ1) is 10.2. The summed E-state index contributed by atoms with van der Waals surface area (Å²) in [6.07, 6.45) is 0.651. The van der Waals surface area contributed by atoms with Crippen LogP contribution in [0.4, 0.5) is 4.79 Å². The molecule has 0 spiro atoms. The molecule has 0 saturated carbocycles. The molecule has 1 aliphatic rings. The third kappa shape index (κ3) is 4.53. The smallest absolute Gasteiger partial charge is 0.417 e. The summed E-state index contributed by atoms with van der Waals surface area (Å²) in [5.74, 6) is 0.00944. The lowest BCUT2D eigenvalue weighted by molar-refractivity contribution is -0.123. The van der Waals surface area contributed by atoms with Crippen molar-refractivity contribution >= 4 is 24.0 Å². The Morgan fingerprint density at radius 3 is 2.45 bits per heavy atom. The summed E-state index contributed by atoms with van der Waals surface area (Å²) >= 11 is 1.16. The van der Waals surface area contributed by atoms with Gasteiger partial charge in [0.2, 0.25) is 0 Å². The number of hydrogen-bond donors (Lipinski definition) is 0. The number of imide groups is 1. The van der Waals surface area contributed by atoms with Crippen molar-refractivity contribution in [3.8, 4) is 0 Å². The fourth-order valence-electron chi connectivity index (χ4n) is 1.71. The average Bonchev–Trinajstić information content (AvgIpc) is 2.77. The summed E-state index contributed by atoms with van der Waals surface area (Å²) in [6.45, 7) is 7.36. The number of rotatable bonds is 3. The van der Waals surface area contributed by atoms with Crippen LogP contribution in [0.15, 0.2) is 41.0 Å². The maximum atomic E-state index is 11.9. The van der Waals surface area contributed by atoms with Crippen LogP contribution in [-0.4, -0.2) is 29.0 Å². The molecule has 0 saturated heterocycles. The molecule has 5 nitrogen and oxygen atoms in total. The Labute approximate surface area is 134 Å². The Bertz CT molecular complexity index is 602. The minimum absolute atomic E-state index is 0.0899. The SMILES string of the molecule is Cc1ccc(SOC2=CC(=O)N(C(=O)OC(C)(C)C)C2)cc1. The third-order valence-corrected chi connectivity index (χ3v) is 3.51. The predicted octanol–water partition coefficient (Wildman–Crippen LogP) is 3.68. The number of carbonyl (C=O) groups excluding carboxylic acids is 2. The molecule has 2 amide bonds. The predicted molar refractivity (Wildman–Crippen MR) is 84.2 cm³/mol. The lowest BCUT2D eigenvalue weighted by atomic mass is 10.2. The van der Waals surface area contributed by atoms with E-state index in [4.69, 9.17) is 8.92 Å². The molecular formula is C16H19NO4S. The van der Waals surface area contributed by atoms with Crippen molar-refractivity contribution in [2.45, 2.75) is 38.2 Å². The number of aryl methyl sites for hydroxylation is 1. The Kier molecular flexibility index (Phi) is 4.81. The number of nitrogens with zero attached hydrogens (tertiary/aromatic N) is 1. The van der Waals surface area contributed by atoms with Crippen LogP contribution in [0.1, 0.15) is 26.3 Å². The number of ether oxygens (including phenoxy) is 1. The molecule has 0 atom stereocenters. The molecule has 0 radical (unpaired) electrons. The maximum absolute atomic E-state index is 11.9. The highest BCUT2D eigenvalue weighted by molar-refractivity contribution is 7.94. The van der Waals surface area contributed by atoms with Crippen molar-refractivity contribution in [3.63, 3.8) is 0 Å². The Balaban J connectivity index is 1.90. The minimum atomic E-state index is -0.660. The fourth-order valence-corrected chi connectivity index (χ4v) is 2.26. The molecule has 1 aliphatic heterocycles. The number of benzene rings is 1. The van der Waals surface area contributed by atoms with Crippen molar-refractivity contribution < 1.29 is 18.5 Å². The van der Waals surface area contributed by atoms with Crippen LogP contribution in [0.3, 0.4) is 0 Å². The van der Waals surface area contributed by atoms with Crippen LogP contribution < -0.4 is 0 Å². The van der Waals surface area contributed by atoms with Crippen LogP contribution >= 0.6 is 12.0 Å². The standard InChI is InChI=1S/C16H19NO4S/c1-11-5-7-13(8-6-11)22-21-12-9-14(18)17(10-12)15(19)20-16(2,3)4/h5-9H,10H2,1-4H3. The summed E-state index contributed by atoms with van der Waals surface area (Å²) < 4.78 is 10.7. The molecule has 118 valence electrons. The van der Waals surface area contributed by atoms with E-state index in [9.17, 15) is 9.59 Å². The summed E-state index contributed by atoms with van der Waals surface area (Å²) in [5.41, 5.74) is 0.521. The summed E-state index contributed by atoms with van der Waals surface area (Å²) in [6, 6.07) is 7.83. The molecule has 1 aromatic rings. The Morgan fingerprint density at radius 2 is 1.86 bits per heavy atom. The lowest BCUT2D eigenvalue weighted by Crippen LogP contribution is -2.38. The topological polar surface area (TPSA) is 55.8 Å². The van der Waals surface area contributed by atoms with Crippen molar-refractivity contribution in [3.05, 3.63) is 41.7 Å². The average molecular weight is 321 g/mol. The second kappa shape index (κ2) is 6.44. The highest BCUT2D eigenvalue weighted by atomic mass is 32.2. The van der Waals surface area contributed by atoms with Crippen LogP contribution in [0, 0.1) is 6.92 Å². The van der Waals surface area contributed by atoms with Gasteiger partial charge in [0.25, 0.3) is 5.91 Å². The largest absolute Gasteiger partial charge is 0.443 e. The highest BCUT2D eigenvalue weighted by Crippen LogP contribution is 2.26. The van der Waals surface area contributed by atoms with E-state index in [1.54, 1.807) is 20.8 Å². The number of carbonyl (C=O) groups is 2. The monoisotopic (exact) mass is 321 g/mol.